The number of carboxylic acids is 1. The number of alkyl halides is 3. The number of ketones is 1. The second kappa shape index (κ2) is 11.5. The summed E-state index contributed by atoms with van der Waals surface area (Å²) >= 11 is 0. The largest absolute Gasteiger partial charge is 0.480 e. The predicted molar refractivity (Wildman–Crippen MR) is 98.1 cm³/mol. The summed E-state index contributed by atoms with van der Waals surface area (Å²) in [6, 6.07) is 4.62. The maximum absolute atomic E-state index is 12.3. The molecule has 28 heavy (non-hydrogen) atoms. The number of Topliss-reactive ketones (excluding diaryl/α,β-unsaturated/α-hetero) is 1. The van der Waals surface area contributed by atoms with Crippen LogP contribution in [0.4, 0.5) is 13.2 Å². The number of aryl methyl sites for hydroxylation is 1. The highest BCUT2D eigenvalue weighted by atomic mass is 19.4. The minimum absolute atomic E-state index is 0.194. The van der Waals surface area contributed by atoms with Gasteiger partial charge in [-0.1, -0.05) is 63.3 Å². The monoisotopic (exact) mass is 401 g/mol. The molecule has 1 rings (SSSR count). The van der Waals surface area contributed by atoms with E-state index in [1.807, 2.05) is 0 Å². The Balaban J connectivity index is 2.56. The van der Waals surface area contributed by atoms with Gasteiger partial charge in [0.05, 0.1) is 0 Å². The quantitative estimate of drug-likeness (QED) is 0.404. The number of carboxylic acid groups (broad SMARTS) is 1. The van der Waals surface area contributed by atoms with Crippen molar-refractivity contribution in [3.05, 3.63) is 35.4 Å². The standard InChI is InChI=1S/C20H26F3NO4/c1-2-3-4-5-6-7-8-14-9-11-15(12-10-14)17(25)13-16(18(26)27)24-19(28)20(21,22)23/h9-12,16H,2-8,13H2,1H3,(H,24,28)(H,26,27)/t16-/m1/s1. The summed E-state index contributed by atoms with van der Waals surface area (Å²) in [6.45, 7) is 2.16. The zero-order valence-corrected chi connectivity index (χ0v) is 15.8. The Bertz CT molecular complexity index is 656. The second-order valence-electron chi connectivity index (χ2n) is 6.70. The molecule has 1 aromatic carbocycles. The highest BCUT2D eigenvalue weighted by Crippen LogP contribution is 2.16. The molecule has 0 aromatic heterocycles. The molecular weight excluding hydrogens is 375 g/mol. The molecular formula is C20H26F3NO4. The number of unbranched alkanes of at least 4 members (excludes halogenated alkanes) is 5. The Morgan fingerprint density at radius 2 is 1.57 bits per heavy atom. The first-order valence-corrected chi connectivity index (χ1v) is 9.37. The van der Waals surface area contributed by atoms with Crippen molar-refractivity contribution < 1.29 is 32.7 Å². The second-order valence-corrected chi connectivity index (χ2v) is 6.70. The number of nitrogens with one attached hydrogen (secondary N) is 1. The molecule has 1 atom stereocenters. The van der Waals surface area contributed by atoms with E-state index in [0.717, 1.165) is 24.8 Å². The lowest BCUT2D eigenvalue weighted by Gasteiger charge is -2.15. The summed E-state index contributed by atoms with van der Waals surface area (Å²) in [5.41, 5.74) is 1.23. The molecule has 0 saturated carbocycles. The van der Waals surface area contributed by atoms with Gasteiger partial charge in [-0.3, -0.25) is 9.59 Å². The number of carbonyl (C=O) groups is 3. The third-order valence-corrected chi connectivity index (χ3v) is 4.35. The van der Waals surface area contributed by atoms with Gasteiger partial charge in [0.15, 0.2) is 5.78 Å². The molecule has 0 bridgehead atoms. The highest BCUT2D eigenvalue weighted by molar-refractivity contribution is 5.99. The number of hydrogen-bond acceptors (Lipinski definition) is 3. The van der Waals surface area contributed by atoms with Crippen LogP contribution in [0.3, 0.4) is 0 Å². The summed E-state index contributed by atoms with van der Waals surface area (Å²) in [5, 5.41) is 10.3. The van der Waals surface area contributed by atoms with Gasteiger partial charge in [-0.15, -0.1) is 0 Å². The van der Waals surface area contributed by atoms with Crippen molar-refractivity contribution in [2.45, 2.75) is 70.5 Å². The molecule has 8 heteroatoms. The number of halogens is 3. The zero-order valence-electron chi connectivity index (χ0n) is 15.8. The van der Waals surface area contributed by atoms with Crippen LogP contribution in [0.5, 0.6) is 0 Å². The molecule has 0 fully saturated rings. The Morgan fingerprint density at radius 3 is 2.11 bits per heavy atom. The van der Waals surface area contributed by atoms with Gasteiger partial charge in [0.1, 0.15) is 6.04 Å². The van der Waals surface area contributed by atoms with Crippen LogP contribution >= 0.6 is 0 Å². The van der Waals surface area contributed by atoms with Crippen LogP contribution in [0, 0.1) is 0 Å². The van der Waals surface area contributed by atoms with Crippen LogP contribution in [-0.4, -0.2) is 35.0 Å². The minimum Gasteiger partial charge on any atom is -0.480 e. The van der Waals surface area contributed by atoms with Crippen molar-refractivity contribution in [3.8, 4) is 0 Å². The van der Waals surface area contributed by atoms with Crippen molar-refractivity contribution >= 4 is 17.7 Å². The molecule has 2 N–H and O–H groups in total. The van der Waals surface area contributed by atoms with Gasteiger partial charge in [0.2, 0.25) is 0 Å². The summed E-state index contributed by atoms with van der Waals surface area (Å²) in [4.78, 5) is 34.1. The van der Waals surface area contributed by atoms with Crippen molar-refractivity contribution in [2.75, 3.05) is 0 Å². The number of benzene rings is 1. The van der Waals surface area contributed by atoms with E-state index in [0.29, 0.717) is 0 Å². The van der Waals surface area contributed by atoms with E-state index in [1.165, 1.54) is 43.1 Å². The third kappa shape index (κ3) is 8.54. The topological polar surface area (TPSA) is 83.5 Å². The van der Waals surface area contributed by atoms with Crippen LogP contribution in [0.25, 0.3) is 0 Å². The molecule has 156 valence electrons. The van der Waals surface area contributed by atoms with Crippen LogP contribution in [0.15, 0.2) is 24.3 Å². The van der Waals surface area contributed by atoms with Crippen molar-refractivity contribution in [1.82, 2.24) is 5.32 Å². The molecule has 0 saturated heterocycles. The fourth-order valence-electron chi connectivity index (χ4n) is 2.71. The molecule has 1 amide bonds. The first-order chi connectivity index (χ1) is 13.1. The molecule has 0 unspecified atom stereocenters. The fraction of sp³-hybridized carbons (Fsp3) is 0.550. The van der Waals surface area contributed by atoms with E-state index in [9.17, 15) is 27.6 Å². The molecule has 0 heterocycles. The van der Waals surface area contributed by atoms with Crippen molar-refractivity contribution in [1.29, 1.82) is 0 Å². The van der Waals surface area contributed by atoms with Gasteiger partial charge in [-0.05, 0) is 18.4 Å². The summed E-state index contributed by atoms with van der Waals surface area (Å²) in [5.74, 6) is -4.74. The lowest BCUT2D eigenvalue weighted by Crippen LogP contribution is -2.47. The first-order valence-electron chi connectivity index (χ1n) is 9.37. The molecule has 0 radical (unpaired) electrons. The lowest BCUT2D eigenvalue weighted by atomic mass is 10.00. The van der Waals surface area contributed by atoms with Gasteiger partial charge >= 0.3 is 18.1 Å². The maximum Gasteiger partial charge on any atom is 0.471 e. The number of rotatable bonds is 12. The molecule has 5 nitrogen and oxygen atoms in total. The lowest BCUT2D eigenvalue weighted by molar-refractivity contribution is -0.175. The fourth-order valence-corrected chi connectivity index (χ4v) is 2.71. The Kier molecular flexibility index (Phi) is 9.68. The van der Waals surface area contributed by atoms with E-state index in [1.54, 1.807) is 12.1 Å². The van der Waals surface area contributed by atoms with Crippen LogP contribution < -0.4 is 5.32 Å². The Hall–Kier alpha value is -2.38. The van der Waals surface area contributed by atoms with Crippen molar-refractivity contribution in [3.63, 3.8) is 0 Å². The predicted octanol–water partition coefficient (Wildman–Crippen LogP) is 4.29. The third-order valence-electron chi connectivity index (χ3n) is 4.35. The number of amides is 1. The zero-order chi connectivity index (χ0) is 21.2. The van der Waals surface area contributed by atoms with E-state index >= 15 is 0 Å². The van der Waals surface area contributed by atoms with Crippen LogP contribution in [-0.2, 0) is 16.0 Å². The number of hydrogen-bond donors (Lipinski definition) is 2. The van der Waals surface area contributed by atoms with E-state index < -0.39 is 36.3 Å². The SMILES string of the molecule is CCCCCCCCc1ccc(C(=O)C[C@@H](NC(=O)C(F)(F)F)C(=O)O)cc1. The highest BCUT2D eigenvalue weighted by Gasteiger charge is 2.41. The van der Waals surface area contributed by atoms with Crippen LogP contribution in [0.1, 0.15) is 67.8 Å². The summed E-state index contributed by atoms with van der Waals surface area (Å²) < 4.78 is 36.8. The van der Waals surface area contributed by atoms with Gasteiger partial charge in [-0.25, -0.2) is 4.79 Å². The van der Waals surface area contributed by atoms with Crippen molar-refractivity contribution in [2.24, 2.45) is 0 Å². The number of carbonyl (C=O) groups excluding carboxylic acids is 2. The van der Waals surface area contributed by atoms with Gasteiger partial charge in [0, 0.05) is 12.0 Å². The Morgan fingerprint density at radius 1 is 1.00 bits per heavy atom. The van der Waals surface area contributed by atoms with E-state index in [4.69, 9.17) is 5.11 Å². The minimum atomic E-state index is -5.21. The Labute approximate surface area is 162 Å². The van der Waals surface area contributed by atoms with Gasteiger partial charge < -0.3 is 10.4 Å². The maximum atomic E-state index is 12.3. The van der Waals surface area contributed by atoms with Gasteiger partial charge in [-0.2, -0.15) is 13.2 Å². The smallest absolute Gasteiger partial charge is 0.471 e. The first kappa shape index (κ1) is 23.7. The normalized spacial score (nSPS) is 12.4. The average molecular weight is 401 g/mol. The molecule has 0 aliphatic rings. The molecule has 0 spiro atoms. The van der Waals surface area contributed by atoms with Gasteiger partial charge in [0.25, 0.3) is 0 Å². The van der Waals surface area contributed by atoms with E-state index in [-0.39, 0.29) is 5.56 Å². The molecule has 1 aromatic rings. The summed E-state index contributed by atoms with van der Waals surface area (Å²) in [6.07, 6.45) is 1.88. The summed E-state index contributed by atoms with van der Waals surface area (Å²) in [7, 11) is 0. The number of aliphatic carboxylic acids is 1. The molecule has 0 aliphatic carbocycles. The molecule has 0 aliphatic heterocycles. The van der Waals surface area contributed by atoms with E-state index in [2.05, 4.69) is 6.92 Å². The average Bonchev–Trinajstić information content (AvgIpc) is 2.63. The van der Waals surface area contributed by atoms with Crippen LogP contribution in [0.2, 0.25) is 0 Å².